The van der Waals surface area contributed by atoms with Crippen LogP contribution in [0, 0.1) is 0 Å². The fraction of sp³-hybridized carbons (Fsp3) is 0. The van der Waals surface area contributed by atoms with Gasteiger partial charge in [-0.15, -0.1) is 0 Å². The predicted molar refractivity (Wildman–Crippen MR) is 87.4 cm³/mol. The fourth-order valence-electron chi connectivity index (χ4n) is 2.12. The van der Waals surface area contributed by atoms with E-state index in [2.05, 4.69) is 0 Å². The Hall–Kier alpha value is -2.23. The second-order valence-corrected chi connectivity index (χ2v) is 5.41. The second-order valence-electron chi connectivity index (χ2n) is 4.66. The summed E-state index contributed by atoms with van der Waals surface area (Å²) in [7, 11) is 0. The van der Waals surface area contributed by atoms with Gasteiger partial charge >= 0.3 is 5.97 Å². The number of carbonyl (C=O) groups is 1. The highest BCUT2D eigenvalue weighted by Gasteiger charge is 2.12. The summed E-state index contributed by atoms with van der Waals surface area (Å²) in [6, 6.07) is 15.5. The summed E-state index contributed by atoms with van der Waals surface area (Å²) in [6.07, 6.45) is 0. The highest BCUT2D eigenvalue weighted by Crippen LogP contribution is 2.40. The van der Waals surface area contributed by atoms with E-state index in [1.807, 2.05) is 24.3 Å². The number of hydrogen-bond donors (Lipinski definition) is 1. The van der Waals surface area contributed by atoms with Crippen molar-refractivity contribution in [3.8, 4) is 11.5 Å². The molecule has 0 saturated carbocycles. The van der Waals surface area contributed by atoms with E-state index in [0.29, 0.717) is 21.5 Å². The van der Waals surface area contributed by atoms with Gasteiger partial charge in [-0.2, -0.15) is 0 Å². The van der Waals surface area contributed by atoms with Gasteiger partial charge in [0, 0.05) is 5.39 Å². The molecule has 0 aliphatic heterocycles. The molecule has 0 saturated heterocycles. The number of aromatic carboxylic acids is 1. The molecular weight excluding hydrogens is 323 g/mol. The molecule has 3 rings (SSSR count). The monoisotopic (exact) mass is 332 g/mol. The van der Waals surface area contributed by atoms with Crippen molar-refractivity contribution in [3.63, 3.8) is 0 Å². The standard InChI is InChI=1S/C17H10Cl2O3/c18-15-13-4-2-1-3-11(13)9-14(16(15)19)22-12-7-5-10(6-8-12)17(20)21/h1-9H,(H,20,21). The first kappa shape index (κ1) is 14.7. The maximum atomic E-state index is 10.8. The zero-order valence-electron chi connectivity index (χ0n) is 11.2. The Morgan fingerprint density at radius 1 is 0.955 bits per heavy atom. The third kappa shape index (κ3) is 2.73. The largest absolute Gasteiger partial charge is 0.478 e. The molecule has 3 aromatic rings. The summed E-state index contributed by atoms with van der Waals surface area (Å²) in [5.74, 6) is -0.0787. The van der Waals surface area contributed by atoms with E-state index < -0.39 is 5.97 Å². The highest BCUT2D eigenvalue weighted by atomic mass is 35.5. The van der Waals surface area contributed by atoms with Crippen LogP contribution in [0.2, 0.25) is 10.0 Å². The minimum Gasteiger partial charge on any atom is -0.478 e. The molecule has 22 heavy (non-hydrogen) atoms. The molecule has 0 amide bonds. The molecule has 0 fully saturated rings. The number of benzene rings is 3. The smallest absolute Gasteiger partial charge is 0.335 e. The van der Waals surface area contributed by atoms with Crippen molar-refractivity contribution in [3.05, 3.63) is 70.2 Å². The third-order valence-corrected chi connectivity index (χ3v) is 4.09. The van der Waals surface area contributed by atoms with Gasteiger partial charge in [0.05, 0.1) is 10.6 Å². The molecule has 110 valence electrons. The predicted octanol–water partition coefficient (Wildman–Crippen LogP) is 5.64. The van der Waals surface area contributed by atoms with Gasteiger partial charge in [0.25, 0.3) is 0 Å². The number of hydrogen-bond acceptors (Lipinski definition) is 2. The summed E-state index contributed by atoms with van der Waals surface area (Å²) in [5, 5.41) is 11.4. The third-order valence-electron chi connectivity index (χ3n) is 3.22. The SMILES string of the molecule is O=C(O)c1ccc(Oc2cc3ccccc3c(Cl)c2Cl)cc1. The van der Waals surface area contributed by atoms with E-state index in [0.717, 1.165) is 10.8 Å². The van der Waals surface area contributed by atoms with E-state index in [9.17, 15) is 4.79 Å². The zero-order valence-corrected chi connectivity index (χ0v) is 12.7. The first-order valence-electron chi connectivity index (χ1n) is 6.44. The lowest BCUT2D eigenvalue weighted by molar-refractivity contribution is 0.0697. The molecule has 1 N–H and O–H groups in total. The van der Waals surface area contributed by atoms with Crippen molar-refractivity contribution in [2.45, 2.75) is 0 Å². The Morgan fingerprint density at radius 2 is 1.64 bits per heavy atom. The van der Waals surface area contributed by atoms with Crippen LogP contribution in [0.15, 0.2) is 54.6 Å². The maximum absolute atomic E-state index is 10.8. The summed E-state index contributed by atoms with van der Waals surface area (Å²) in [6.45, 7) is 0. The van der Waals surface area contributed by atoms with Crippen molar-refractivity contribution < 1.29 is 14.6 Å². The van der Waals surface area contributed by atoms with Gasteiger partial charge in [0.2, 0.25) is 0 Å². The summed E-state index contributed by atoms with van der Waals surface area (Å²) >= 11 is 12.5. The number of fused-ring (bicyclic) bond motifs is 1. The number of rotatable bonds is 3. The van der Waals surface area contributed by atoms with Crippen LogP contribution in [0.1, 0.15) is 10.4 Å². The summed E-state index contributed by atoms with van der Waals surface area (Å²) in [5.41, 5.74) is 0.190. The number of carboxylic acids is 1. The molecular formula is C17H10Cl2O3. The van der Waals surface area contributed by atoms with Crippen LogP contribution >= 0.6 is 23.2 Å². The molecule has 3 aromatic carbocycles. The van der Waals surface area contributed by atoms with E-state index in [-0.39, 0.29) is 5.56 Å². The van der Waals surface area contributed by atoms with Crippen LogP contribution in [-0.4, -0.2) is 11.1 Å². The lowest BCUT2D eigenvalue weighted by atomic mass is 10.1. The highest BCUT2D eigenvalue weighted by molar-refractivity contribution is 6.46. The van der Waals surface area contributed by atoms with E-state index >= 15 is 0 Å². The van der Waals surface area contributed by atoms with Crippen LogP contribution in [0.3, 0.4) is 0 Å². The van der Waals surface area contributed by atoms with Gasteiger partial charge in [0.1, 0.15) is 16.5 Å². The quantitative estimate of drug-likeness (QED) is 0.675. The average molecular weight is 333 g/mol. The van der Waals surface area contributed by atoms with Crippen LogP contribution < -0.4 is 4.74 Å². The molecule has 0 aliphatic carbocycles. The van der Waals surface area contributed by atoms with Crippen molar-refractivity contribution in [2.24, 2.45) is 0 Å². The topological polar surface area (TPSA) is 46.5 Å². The van der Waals surface area contributed by atoms with E-state index in [1.165, 1.54) is 12.1 Å². The molecule has 0 heterocycles. The normalized spacial score (nSPS) is 10.6. The van der Waals surface area contributed by atoms with Gasteiger partial charge in [-0.25, -0.2) is 4.79 Å². The van der Waals surface area contributed by atoms with Gasteiger partial charge in [-0.1, -0.05) is 47.5 Å². The zero-order chi connectivity index (χ0) is 15.7. The average Bonchev–Trinajstić information content (AvgIpc) is 2.53. The lowest BCUT2D eigenvalue weighted by Crippen LogP contribution is -1.95. The molecule has 0 spiro atoms. The van der Waals surface area contributed by atoms with Gasteiger partial charge < -0.3 is 9.84 Å². The van der Waals surface area contributed by atoms with Crippen molar-refractivity contribution >= 4 is 39.9 Å². The van der Waals surface area contributed by atoms with Crippen LogP contribution in [0.5, 0.6) is 11.5 Å². The van der Waals surface area contributed by atoms with Gasteiger partial charge in [0.15, 0.2) is 0 Å². The Morgan fingerprint density at radius 3 is 2.32 bits per heavy atom. The van der Waals surface area contributed by atoms with Crippen molar-refractivity contribution in [1.29, 1.82) is 0 Å². The molecule has 0 aromatic heterocycles. The number of halogens is 2. The van der Waals surface area contributed by atoms with E-state index in [4.69, 9.17) is 33.0 Å². The molecule has 3 nitrogen and oxygen atoms in total. The van der Waals surface area contributed by atoms with Crippen LogP contribution in [-0.2, 0) is 0 Å². The Kier molecular flexibility index (Phi) is 3.92. The van der Waals surface area contributed by atoms with Crippen LogP contribution in [0.4, 0.5) is 0 Å². The molecule has 0 radical (unpaired) electrons. The van der Waals surface area contributed by atoms with Gasteiger partial charge in [-0.3, -0.25) is 0 Å². The fourth-order valence-corrected chi connectivity index (χ4v) is 2.58. The summed E-state index contributed by atoms with van der Waals surface area (Å²) in [4.78, 5) is 10.8. The number of carboxylic acid groups (broad SMARTS) is 1. The Balaban J connectivity index is 2.00. The molecule has 0 aliphatic rings. The van der Waals surface area contributed by atoms with Crippen molar-refractivity contribution in [1.82, 2.24) is 0 Å². The van der Waals surface area contributed by atoms with Crippen LogP contribution in [0.25, 0.3) is 10.8 Å². The Labute approximate surface area is 136 Å². The lowest BCUT2D eigenvalue weighted by Gasteiger charge is -2.11. The minimum absolute atomic E-state index is 0.190. The van der Waals surface area contributed by atoms with Crippen molar-refractivity contribution in [2.75, 3.05) is 0 Å². The molecule has 0 bridgehead atoms. The summed E-state index contributed by atoms with van der Waals surface area (Å²) < 4.78 is 5.72. The molecule has 0 atom stereocenters. The van der Waals surface area contributed by atoms with Gasteiger partial charge in [-0.05, 0) is 35.7 Å². The first-order chi connectivity index (χ1) is 10.6. The number of ether oxygens (including phenoxy) is 1. The first-order valence-corrected chi connectivity index (χ1v) is 7.20. The molecule has 0 unspecified atom stereocenters. The Bertz CT molecular complexity index is 858. The maximum Gasteiger partial charge on any atom is 0.335 e. The molecule has 5 heteroatoms. The van der Waals surface area contributed by atoms with E-state index in [1.54, 1.807) is 18.2 Å². The second kappa shape index (κ2) is 5.87. The minimum atomic E-state index is -0.988.